The molecule has 0 bridgehead atoms. The van der Waals surface area contributed by atoms with Gasteiger partial charge in [-0.1, -0.05) is 36.3 Å². The highest BCUT2D eigenvalue weighted by atomic mass is 19.1. The lowest BCUT2D eigenvalue weighted by molar-refractivity contribution is 0.0927. The van der Waals surface area contributed by atoms with Crippen LogP contribution in [0.25, 0.3) is 11.1 Å². The molecular weight excluding hydrogens is 321 g/mol. The van der Waals surface area contributed by atoms with Crippen LogP contribution in [0.5, 0.6) is 0 Å². The summed E-state index contributed by atoms with van der Waals surface area (Å²) in [6, 6.07) is 13.0. The van der Waals surface area contributed by atoms with Gasteiger partial charge in [-0.15, -0.1) is 0 Å². The van der Waals surface area contributed by atoms with Gasteiger partial charge in [-0.3, -0.25) is 4.79 Å². The summed E-state index contributed by atoms with van der Waals surface area (Å²) in [6.45, 7) is 3.66. The minimum absolute atomic E-state index is 0.228. The van der Waals surface area contributed by atoms with Crippen molar-refractivity contribution in [2.75, 3.05) is 0 Å². The van der Waals surface area contributed by atoms with Gasteiger partial charge in [-0.25, -0.2) is 4.39 Å². The Kier molecular flexibility index (Phi) is 4.88. The summed E-state index contributed by atoms with van der Waals surface area (Å²) in [6.07, 6.45) is 0.634. The second-order valence-electron chi connectivity index (χ2n) is 5.70. The number of carbonyl (C=O) groups is 1. The summed E-state index contributed by atoms with van der Waals surface area (Å²) in [5.41, 5.74) is 2.12. The van der Waals surface area contributed by atoms with Crippen LogP contribution in [-0.4, -0.2) is 16.0 Å². The van der Waals surface area contributed by atoms with E-state index in [0.717, 1.165) is 11.1 Å². The molecule has 0 saturated heterocycles. The quantitative estimate of drug-likeness (QED) is 0.761. The van der Waals surface area contributed by atoms with Crippen molar-refractivity contribution >= 4 is 5.91 Å². The number of hydrogen-bond acceptors (Lipinski definition) is 4. The van der Waals surface area contributed by atoms with Crippen LogP contribution in [0, 0.1) is 12.7 Å². The van der Waals surface area contributed by atoms with Crippen molar-refractivity contribution in [3.05, 3.63) is 71.6 Å². The summed E-state index contributed by atoms with van der Waals surface area (Å²) >= 11 is 0. The number of aromatic nitrogens is 2. The minimum atomic E-state index is -0.336. The molecule has 128 valence electrons. The average molecular weight is 339 g/mol. The van der Waals surface area contributed by atoms with E-state index in [1.54, 1.807) is 37.3 Å². The van der Waals surface area contributed by atoms with Gasteiger partial charge in [0.05, 0.1) is 0 Å². The number of nitrogens with one attached hydrogen (secondary N) is 1. The zero-order valence-electron chi connectivity index (χ0n) is 14.0. The van der Waals surface area contributed by atoms with Crippen LogP contribution in [0.4, 0.5) is 4.39 Å². The van der Waals surface area contributed by atoms with Gasteiger partial charge in [0.25, 0.3) is 5.91 Å². The van der Waals surface area contributed by atoms with E-state index in [2.05, 4.69) is 15.5 Å². The summed E-state index contributed by atoms with van der Waals surface area (Å²) in [5.74, 6) is 0.403. The Morgan fingerprint density at radius 1 is 1.20 bits per heavy atom. The Bertz CT molecular complexity index is 874. The average Bonchev–Trinajstić information content (AvgIpc) is 3.06. The van der Waals surface area contributed by atoms with Crippen LogP contribution in [0.15, 0.2) is 53.1 Å². The minimum Gasteiger partial charge on any atom is -0.340 e. The molecule has 2 aromatic carbocycles. The molecule has 1 atom stereocenters. The fourth-order valence-corrected chi connectivity index (χ4v) is 2.52. The van der Waals surface area contributed by atoms with E-state index in [9.17, 15) is 9.18 Å². The fourth-order valence-electron chi connectivity index (χ4n) is 2.52. The zero-order valence-corrected chi connectivity index (χ0v) is 14.0. The van der Waals surface area contributed by atoms with Crippen molar-refractivity contribution in [1.29, 1.82) is 0 Å². The Morgan fingerprint density at radius 2 is 1.96 bits per heavy atom. The van der Waals surface area contributed by atoms with Gasteiger partial charge in [-0.2, -0.15) is 4.98 Å². The Labute approximate surface area is 144 Å². The number of rotatable bonds is 5. The molecule has 1 heterocycles. The molecule has 0 radical (unpaired) electrons. The third-order valence-corrected chi connectivity index (χ3v) is 3.86. The Morgan fingerprint density at radius 3 is 2.56 bits per heavy atom. The van der Waals surface area contributed by atoms with E-state index in [1.165, 1.54) is 12.1 Å². The van der Waals surface area contributed by atoms with Gasteiger partial charge in [-0.05, 0) is 48.7 Å². The van der Waals surface area contributed by atoms with Crippen LogP contribution in [-0.2, 0) is 0 Å². The zero-order chi connectivity index (χ0) is 17.8. The van der Waals surface area contributed by atoms with Crippen LogP contribution in [0.2, 0.25) is 0 Å². The maximum atomic E-state index is 13.3. The van der Waals surface area contributed by atoms with E-state index in [0.29, 0.717) is 23.7 Å². The van der Waals surface area contributed by atoms with Gasteiger partial charge in [0.15, 0.2) is 5.82 Å². The number of nitrogens with zero attached hydrogens (tertiary/aromatic N) is 2. The third-order valence-electron chi connectivity index (χ3n) is 3.86. The molecule has 0 aliphatic carbocycles. The lowest BCUT2D eigenvalue weighted by atomic mass is 10.0. The molecule has 0 spiro atoms. The second kappa shape index (κ2) is 7.25. The molecule has 3 aromatic rings. The summed E-state index contributed by atoms with van der Waals surface area (Å²) in [5, 5.41) is 6.64. The molecule has 0 fully saturated rings. The first-order valence-electron chi connectivity index (χ1n) is 8.04. The summed E-state index contributed by atoms with van der Waals surface area (Å²) in [4.78, 5) is 16.6. The second-order valence-corrected chi connectivity index (χ2v) is 5.70. The number of carbonyl (C=O) groups excluding carboxylic acids is 1. The summed E-state index contributed by atoms with van der Waals surface area (Å²) < 4.78 is 18.5. The van der Waals surface area contributed by atoms with Crippen LogP contribution < -0.4 is 5.32 Å². The highest BCUT2D eigenvalue weighted by Gasteiger charge is 2.19. The Balaban J connectivity index is 1.74. The van der Waals surface area contributed by atoms with Crippen LogP contribution in [0.3, 0.4) is 0 Å². The van der Waals surface area contributed by atoms with Crippen molar-refractivity contribution in [3.63, 3.8) is 0 Å². The molecule has 1 aromatic heterocycles. The lowest BCUT2D eigenvalue weighted by Gasteiger charge is -2.13. The van der Waals surface area contributed by atoms with Gasteiger partial charge < -0.3 is 9.84 Å². The molecule has 25 heavy (non-hydrogen) atoms. The maximum absolute atomic E-state index is 13.3. The van der Waals surface area contributed by atoms with Gasteiger partial charge in [0.1, 0.15) is 11.9 Å². The number of halogens is 1. The van der Waals surface area contributed by atoms with Crippen molar-refractivity contribution < 1.29 is 13.7 Å². The van der Waals surface area contributed by atoms with E-state index in [4.69, 9.17) is 4.52 Å². The topological polar surface area (TPSA) is 68.0 Å². The molecule has 0 aliphatic heterocycles. The SMILES string of the molecule is CC[C@H](NC(=O)c1ccc(-c2cccc(F)c2)cc1)c1nc(C)no1. The van der Waals surface area contributed by atoms with Crippen molar-refractivity contribution in [3.8, 4) is 11.1 Å². The molecule has 3 rings (SSSR count). The number of hydrogen-bond donors (Lipinski definition) is 1. The predicted molar refractivity (Wildman–Crippen MR) is 91.4 cm³/mol. The molecule has 0 saturated carbocycles. The smallest absolute Gasteiger partial charge is 0.251 e. The first kappa shape index (κ1) is 16.8. The van der Waals surface area contributed by atoms with Crippen molar-refractivity contribution in [2.45, 2.75) is 26.3 Å². The van der Waals surface area contributed by atoms with Gasteiger partial charge >= 0.3 is 0 Å². The first-order valence-corrected chi connectivity index (χ1v) is 8.04. The number of benzene rings is 2. The van der Waals surface area contributed by atoms with Gasteiger partial charge in [0.2, 0.25) is 5.89 Å². The number of aryl methyl sites for hydroxylation is 1. The highest BCUT2D eigenvalue weighted by molar-refractivity contribution is 5.94. The van der Waals surface area contributed by atoms with Crippen LogP contribution in [0.1, 0.15) is 41.5 Å². The molecule has 0 aliphatic rings. The normalized spacial score (nSPS) is 12.0. The molecule has 1 amide bonds. The molecule has 1 N–H and O–H groups in total. The lowest BCUT2D eigenvalue weighted by Crippen LogP contribution is -2.28. The fraction of sp³-hybridized carbons (Fsp3) is 0.211. The van der Waals surface area contributed by atoms with Crippen LogP contribution >= 0.6 is 0 Å². The van der Waals surface area contributed by atoms with E-state index in [1.807, 2.05) is 13.0 Å². The third kappa shape index (κ3) is 3.91. The molecular formula is C19H18FN3O2. The molecule has 6 heteroatoms. The van der Waals surface area contributed by atoms with E-state index < -0.39 is 0 Å². The van der Waals surface area contributed by atoms with Gasteiger partial charge in [0, 0.05) is 5.56 Å². The highest BCUT2D eigenvalue weighted by Crippen LogP contribution is 2.21. The molecule has 0 unspecified atom stereocenters. The predicted octanol–water partition coefficient (Wildman–Crippen LogP) is 4.07. The van der Waals surface area contributed by atoms with Crippen molar-refractivity contribution in [2.24, 2.45) is 0 Å². The molecule has 5 nitrogen and oxygen atoms in total. The van der Waals surface area contributed by atoms with E-state index >= 15 is 0 Å². The van der Waals surface area contributed by atoms with E-state index in [-0.39, 0.29) is 17.8 Å². The summed E-state index contributed by atoms with van der Waals surface area (Å²) in [7, 11) is 0. The largest absolute Gasteiger partial charge is 0.340 e. The van der Waals surface area contributed by atoms with Crippen molar-refractivity contribution in [1.82, 2.24) is 15.5 Å². The Hall–Kier alpha value is -3.02. The maximum Gasteiger partial charge on any atom is 0.251 e. The monoisotopic (exact) mass is 339 g/mol. The first-order chi connectivity index (χ1) is 12.1. The number of amides is 1. The standard InChI is InChI=1S/C19H18FN3O2/c1-3-17(19-21-12(2)23-25-19)22-18(24)14-9-7-13(8-10-14)15-5-4-6-16(20)11-15/h4-11,17H,3H2,1-2H3,(H,22,24)/t17-/m0/s1.